The van der Waals surface area contributed by atoms with Gasteiger partial charge < -0.3 is 10.3 Å². The molecule has 176 valence electrons. The van der Waals surface area contributed by atoms with E-state index in [1.165, 1.54) is 0 Å². The Morgan fingerprint density at radius 3 is 2.61 bits per heavy atom. The van der Waals surface area contributed by atoms with Crippen molar-refractivity contribution < 1.29 is 4.79 Å². The molecular formula is C27H22N8O. The molecule has 0 radical (unpaired) electrons. The molecule has 0 saturated heterocycles. The van der Waals surface area contributed by atoms with Gasteiger partial charge in [0.15, 0.2) is 5.65 Å². The van der Waals surface area contributed by atoms with Crippen molar-refractivity contribution in [3.63, 3.8) is 0 Å². The summed E-state index contributed by atoms with van der Waals surface area (Å²) in [4.78, 5) is 33.5. The standard InChI is InChI=1S/C27H22N8O/c1-15(2)27(36)32-18-9-16(12-28-14-18)17-10-20-25(34-35-26(20)31-13-17)23-11-19-21(33-23)6-8-30-24(19)22-5-3-4-7-29-22/h3-15,33H,1-2H3,(H,32,36)(H,31,34,35). The highest BCUT2D eigenvalue weighted by atomic mass is 16.1. The molecule has 0 aliphatic heterocycles. The predicted octanol–water partition coefficient (Wildman–Crippen LogP) is 5.22. The number of carbonyl (C=O) groups is 1. The Morgan fingerprint density at radius 2 is 1.78 bits per heavy atom. The number of hydrogen-bond donors (Lipinski definition) is 3. The zero-order valence-corrected chi connectivity index (χ0v) is 19.6. The monoisotopic (exact) mass is 474 g/mol. The maximum absolute atomic E-state index is 12.1. The van der Waals surface area contributed by atoms with Crippen LogP contribution in [0.15, 0.2) is 73.4 Å². The maximum Gasteiger partial charge on any atom is 0.226 e. The zero-order valence-electron chi connectivity index (χ0n) is 19.6. The Morgan fingerprint density at radius 1 is 0.889 bits per heavy atom. The van der Waals surface area contributed by atoms with E-state index in [1.807, 2.05) is 56.3 Å². The number of hydrogen-bond acceptors (Lipinski definition) is 6. The molecule has 0 aliphatic rings. The number of aromatic nitrogens is 7. The van der Waals surface area contributed by atoms with Crippen LogP contribution in [0.3, 0.4) is 0 Å². The summed E-state index contributed by atoms with van der Waals surface area (Å²) in [5, 5.41) is 12.3. The molecule has 1 amide bonds. The molecule has 0 aliphatic carbocycles. The van der Waals surface area contributed by atoms with Crippen LogP contribution in [0, 0.1) is 5.92 Å². The van der Waals surface area contributed by atoms with Crippen molar-refractivity contribution in [3.05, 3.63) is 73.4 Å². The molecule has 0 spiro atoms. The molecule has 0 fully saturated rings. The fourth-order valence-corrected chi connectivity index (χ4v) is 4.11. The lowest BCUT2D eigenvalue weighted by molar-refractivity contribution is -0.118. The molecule has 6 rings (SSSR count). The minimum atomic E-state index is -0.121. The van der Waals surface area contributed by atoms with E-state index in [1.54, 1.807) is 31.0 Å². The van der Waals surface area contributed by atoms with Gasteiger partial charge in [0.1, 0.15) is 5.69 Å². The van der Waals surface area contributed by atoms with Crippen LogP contribution in [0.2, 0.25) is 0 Å². The van der Waals surface area contributed by atoms with Gasteiger partial charge in [0.2, 0.25) is 5.91 Å². The Labute approximate surface area is 206 Å². The summed E-state index contributed by atoms with van der Waals surface area (Å²) in [6.45, 7) is 3.70. The highest BCUT2D eigenvalue weighted by molar-refractivity contribution is 5.99. The van der Waals surface area contributed by atoms with Crippen molar-refractivity contribution >= 4 is 33.5 Å². The second kappa shape index (κ2) is 8.70. The summed E-state index contributed by atoms with van der Waals surface area (Å²) in [7, 11) is 0. The zero-order chi connectivity index (χ0) is 24.6. The molecular weight excluding hydrogens is 452 g/mol. The number of aromatic amines is 2. The summed E-state index contributed by atoms with van der Waals surface area (Å²) >= 11 is 0. The lowest BCUT2D eigenvalue weighted by Crippen LogP contribution is -2.17. The quantitative estimate of drug-likeness (QED) is 0.315. The van der Waals surface area contributed by atoms with Crippen molar-refractivity contribution in [3.8, 4) is 33.9 Å². The number of H-pyrrole nitrogens is 2. The van der Waals surface area contributed by atoms with Gasteiger partial charge >= 0.3 is 0 Å². The summed E-state index contributed by atoms with van der Waals surface area (Å²) in [6.07, 6.45) is 8.69. The Balaban J connectivity index is 1.41. The van der Waals surface area contributed by atoms with Gasteiger partial charge in [0.25, 0.3) is 0 Å². The smallest absolute Gasteiger partial charge is 0.226 e. The number of amides is 1. The van der Waals surface area contributed by atoms with Gasteiger partial charge in [-0.2, -0.15) is 5.10 Å². The molecule has 0 bridgehead atoms. The first kappa shape index (κ1) is 21.6. The van der Waals surface area contributed by atoms with Crippen molar-refractivity contribution in [1.82, 2.24) is 35.1 Å². The van der Waals surface area contributed by atoms with Gasteiger partial charge in [-0.15, -0.1) is 0 Å². The minimum absolute atomic E-state index is 0.0574. The van der Waals surface area contributed by atoms with Crippen LogP contribution in [-0.2, 0) is 4.79 Å². The second-order valence-electron chi connectivity index (χ2n) is 8.82. The molecule has 9 heteroatoms. The molecule has 6 aromatic heterocycles. The van der Waals surface area contributed by atoms with E-state index in [2.05, 4.69) is 40.4 Å². The van der Waals surface area contributed by atoms with Crippen molar-refractivity contribution in [2.75, 3.05) is 5.32 Å². The fourth-order valence-electron chi connectivity index (χ4n) is 4.11. The van der Waals surface area contributed by atoms with E-state index in [-0.39, 0.29) is 11.8 Å². The topological polar surface area (TPSA) is 125 Å². The summed E-state index contributed by atoms with van der Waals surface area (Å²) in [5.41, 5.74) is 7.18. The van der Waals surface area contributed by atoms with Crippen LogP contribution in [0.4, 0.5) is 5.69 Å². The van der Waals surface area contributed by atoms with Gasteiger partial charge in [-0.1, -0.05) is 19.9 Å². The number of nitrogens with zero attached hydrogens (tertiary/aromatic N) is 5. The van der Waals surface area contributed by atoms with Gasteiger partial charge in [-0.25, -0.2) is 4.98 Å². The third-order valence-electron chi connectivity index (χ3n) is 5.99. The fraction of sp³-hybridized carbons (Fsp3) is 0.111. The Kier molecular flexibility index (Phi) is 5.22. The first-order valence-corrected chi connectivity index (χ1v) is 11.6. The minimum Gasteiger partial charge on any atom is -0.353 e. The third kappa shape index (κ3) is 3.86. The van der Waals surface area contributed by atoms with E-state index in [9.17, 15) is 4.79 Å². The number of carbonyl (C=O) groups excluding carboxylic acids is 1. The molecule has 9 nitrogen and oxygen atoms in total. The summed E-state index contributed by atoms with van der Waals surface area (Å²) in [5.74, 6) is -0.178. The van der Waals surface area contributed by atoms with Gasteiger partial charge in [0.05, 0.1) is 29.0 Å². The first-order valence-electron chi connectivity index (χ1n) is 11.6. The molecule has 0 saturated carbocycles. The van der Waals surface area contributed by atoms with Crippen LogP contribution in [0.1, 0.15) is 13.8 Å². The normalized spacial score (nSPS) is 11.4. The molecule has 0 aromatic carbocycles. The Hall–Kier alpha value is -4.92. The van der Waals surface area contributed by atoms with E-state index in [4.69, 9.17) is 0 Å². The van der Waals surface area contributed by atoms with Crippen molar-refractivity contribution in [1.29, 1.82) is 0 Å². The maximum atomic E-state index is 12.1. The third-order valence-corrected chi connectivity index (χ3v) is 5.99. The number of pyridine rings is 4. The van der Waals surface area contributed by atoms with E-state index < -0.39 is 0 Å². The molecule has 3 N–H and O–H groups in total. The largest absolute Gasteiger partial charge is 0.353 e. The highest BCUT2D eigenvalue weighted by Gasteiger charge is 2.16. The SMILES string of the molecule is CC(C)C(=O)Nc1cncc(-c2cnc3[nH]nc(-c4cc5c(-c6ccccn6)nccc5[nH]4)c3c2)c1. The van der Waals surface area contributed by atoms with Crippen LogP contribution in [0.5, 0.6) is 0 Å². The number of rotatable bonds is 5. The number of fused-ring (bicyclic) bond motifs is 2. The molecule has 0 atom stereocenters. The summed E-state index contributed by atoms with van der Waals surface area (Å²) < 4.78 is 0. The Bertz CT molecular complexity index is 1720. The average molecular weight is 475 g/mol. The van der Waals surface area contributed by atoms with Gasteiger partial charge in [-0.05, 0) is 36.4 Å². The lowest BCUT2D eigenvalue weighted by atomic mass is 10.1. The van der Waals surface area contributed by atoms with Crippen LogP contribution < -0.4 is 5.32 Å². The number of nitrogens with one attached hydrogen (secondary N) is 3. The lowest BCUT2D eigenvalue weighted by Gasteiger charge is -2.09. The molecule has 0 unspecified atom stereocenters. The number of anilines is 1. The molecule has 6 aromatic rings. The first-order chi connectivity index (χ1) is 17.6. The van der Waals surface area contributed by atoms with E-state index in [0.717, 1.165) is 50.2 Å². The van der Waals surface area contributed by atoms with Crippen LogP contribution in [0.25, 0.3) is 55.8 Å². The van der Waals surface area contributed by atoms with Crippen LogP contribution >= 0.6 is 0 Å². The summed E-state index contributed by atoms with van der Waals surface area (Å²) in [6, 6.07) is 13.7. The highest BCUT2D eigenvalue weighted by Crippen LogP contribution is 2.33. The van der Waals surface area contributed by atoms with E-state index in [0.29, 0.717) is 11.3 Å². The molecule has 36 heavy (non-hydrogen) atoms. The van der Waals surface area contributed by atoms with Crippen molar-refractivity contribution in [2.24, 2.45) is 5.92 Å². The van der Waals surface area contributed by atoms with E-state index >= 15 is 0 Å². The van der Waals surface area contributed by atoms with Gasteiger partial charge in [0, 0.05) is 58.1 Å². The second-order valence-corrected chi connectivity index (χ2v) is 8.82. The average Bonchev–Trinajstić information content (AvgIpc) is 3.53. The van der Waals surface area contributed by atoms with Crippen molar-refractivity contribution in [2.45, 2.75) is 13.8 Å². The van der Waals surface area contributed by atoms with Crippen LogP contribution in [-0.4, -0.2) is 41.0 Å². The molecule has 6 heterocycles. The predicted molar refractivity (Wildman–Crippen MR) is 139 cm³/mol. The van der Waals surface area contributed by atoms with Gasteiger partial charge in [-0.3, -0.25) is 24.8 Å².